The molecule has 1 atom stereocenters. The van der Waals surface area contributed by atoms with Crippen LogP contribution in [0.2, 0.25) is 0 Å². The summed E-state index contributed by atoms with van der Waals surface area (Å²) in [5.41, 5.74) is 4.60. The van der Waals surface area contributed by atoms with E-state index in [-0.39, 0.29) is 0 Å². The molecule has 0 heterocycles. The molecule has 42 valence electrons. The van der Waals surface area contributed by atoms with Crippen molar-refractivity contribution in [3.05, 3.63) is 11.1 Å². The Hall–Kier alpha value is -0.260. The first kappa shape index (κ1) is 3.71. The lowest BCUT2D eigenvalue weighted by Gasteiger charge is -2.23. The van der Waals surface area contributed by atoms with Crippen LogP contribution in [-0.2, 0) is 0 Å². The zero-order valence-electron chi connectivity index (χ0n) is 5.04. The number of hydrogen-bond donors (Lipinski definition) is 0. The van der Waals surface area contributed by atoms with Crippen molar-refractivity contribution in [3.8, 4) is 0 Å². The maximum absolute atomic E-state index is 1.89. The van der Waals surface area contributed by atoms with E-state index in [2.05, 4.69) is 0 Å². The third-order valence-corrected chi connectivity index (χ3v) is 3.29. The van der Waals surface area contributed by atoms with Crippen molar-refractivity contribution >= 4 is 0 Å². The van der Waals surface area contributed by atoms with Crippen LogP contribution in [0.5, 0.6) is 0 Å². The lowest BCUT2D eigenvalue weighted by Crippen LogP contribution is -2.12. The molecule has 0 aromatic rings. The van der Waals surface area contributed by atoms with Gasteiger partial charge in [-0.2, -0.15) is 0 Å². The summed E-state index contributed by atoms with van der Waals surface area (Å²) >= 11 is 0. The molecular formula is C8H10. The number of allylic oxidation sites excluding steroid dienone is 2. The molecule has 0 heteroatoms. The predicted octanol–water partition coefficient (Wildman–Crippen LogP) is 2.26. The third kappa shape index (κ3) is 0.180. The van der Waals surface area contributed by atoms with Crippen LogP contribution in [0, 0.1) is 5.41 Å². The standard InChI is InChI=1S/C8H10/c1-2-6-7-3-5-8(6,7)4-1/h1-5H2. The molecule has 0 aromatic carbocycles. The van der Waals surface area contributed by atoms with Gasteiger partial charge in [0.05, 0.1) is 0 Å². The second-order valence-corrected chi connectivity index (χ2v) is 3.39. The quantitative estimate of drug-likeness (QED) is 0.415. The molecule has 0 N–H and O–H groups in total. The molecule has 8 heavy (non-hydrogen) atoms. The average Bonchev–Trinajstić information content (AvgIpc) is 2.20. The van der Waals surface area contributed by atoms with Gasteiger partial charge in [0.1, 0.15) is 0 Å². The third-order valence-electron chi connectivity index (χ3n) is 3.29. The van der Waals surface area contributed by atoms with Gasteiger partial charge in [-0.25, -0.2) is 0 Å². The summed E-state index contributed by atoms with van der Waals surface area (Å²) in [7, 11) is 0. The van der Waals surface area contributed by atoms with Crippen molar-refractivity contribution in [1.29, 1.82) is 0 Å². The van der Waals surface area contributed by atoms with Crippen LogP contribution in [0.3, 0.4) is 0 Å². The lowest BCUT2D eigenvalue weighted by molar-refractivity contribution is 0.398. The van der Waals surface area contributed by atoms with Gasteiger partial charge >= 0.3 is 0 Å². The summed E-state index contributed by atoms with van der Waals surface area (Å²) in [6, 6.07) is 0. The Labute approximate surface area is 49.6 Å². The van der Waals surface area contributed by atoms with Crippen LogP contribution < -0.4 is 0 Å². The Morgan fingerprint density at radius 3 is 2.25 bits per heavy atom. The van der Waals surface area contributed by atoms with E-state index >= 15 is 0 Å². The van der Waals surface area contributed by atoms with Crippen LogP contribution in [0.4, 0.5) is 0 Å². The first-order valence-electron chi connectivity index (χ1n) is 3.66. The molecule has 2 fully saturated rings. The van der Waals surface area contributed by atoms with E-state index in [1.165, 1.54) is 32.1 Å². The van der Waals surface area contributed by atoms with Gasteiger partial charge in [-0.15, -0.1) is 0 Å². The summed E-state index contributed by atoms with van der Waals surface area (Å²) in [5, 5.41) is 0. The van der Waals surface area contributed by atoms with Gasteiger partial charge in [-0.05, 0) is 32.1 Å². The number of hydrogen-bond acceptors (Lipinski definition) is 0. The van der Waals surface area contributed by atoms with Crippen LogP contribution in [0.1, 0.15) is 32.1 Å². The van der Waals surface area contributed by atoms with Gasteiger partial charge in [-0.1, -0.05) is 11.1 Å². The molecule has 3 aliphatic rings. The second kappa shape index (κ2) is 0.792. The van der Waals surface area contributed by atoms with Gasteiger partial charge in [0.15, 0.2) is 0 Å². The summed E-state index contributed by atoms with van der Waals surface area (Å²) in [5.74, 6) is 0. The van der Waals surface area contributed by atoms with Crippen molar-refractivity contribution < 1.29 is 0 Å². The molecule has 3 rings (SSSR count). The Kier molecular flexibility index (Phi) is 0.367. The summed E-state index contributed by atoms with van der Waals surface area (Å²) in [6.07, 6.45) is 7.48. The molecule has 0 aromatic heterocycles. The second-order valence-electron chi connectivity index (χ2n) is 3.39. The predicted molar refractivity (Wildman–Crippen MR) is 32.5 cm³/mol. The highest BCUT2D eigenvalue weighted by atomic mass is 14.6. The lowest BCUT2D eigenvalue weighted by atomic mass is 9.80. The van der Waals surface area contributed by atoms with Gasteiger partial charge < -0.3 is 0 Å². The smallest absolute Gasteiger partial charge is 0.0130 e. The van der Waals surface area contributed by atoms with Crippen molar-refractivity contribution in [2.24, 2.45) is 5.41 Å². The largest absolute Gasteiger partial charge is 0.0598 e. The fourth-order valence-electron chi connectivity index (χ4n) is 2.73. The molecular weight excluding hydrogens is 96.1 g/mol. The Morgan fingerprint density at radius 1 is 1.00 bits per heavy atom. The van der Waals surface area contributed by atoms with Crippen molar-refractivity contribution in [2.45, 2.75) is 32.1 Å². The highest BCUT2D eigenvalue weighted by molar-refractivity contribution is 5.57. The van der Waals surface area contributed by atoms with Crippen molar-refractivity contribution in [1.82, 2.24) is 0 Å². The Morgan fingerprint density at radius 2 is 1.88 bits per heavy atom. The van der Waals surface area contributed by atoms with E-state index in [4.69, 9.17) is 0 Å². The van der Waals surface area contributed by atoms with E-state index in [1.807, 2.05) is 11.1 Å². The topological polar surface area (TPSA) is 0 Å². The zero-order valence-corrected chi connectivity index (χ0v) is 5.04. The van der Waals surface area contributed by atoms with E-state index in [9.17, 15) is 0 Å². The minimum atomic E-state index is 0.833. The highest BCUT2D eigenvalue weighted by Crippen LogP contribution is 2.74. The monoisotopic (exact) mass is 106 g/mol. The van der Waals surface area contributed by atoms with Gasteiger partial charge in [0, 0.05) is 5.41 Å². The van der Waals surface area contributed by atoms with Crippen molar-refractivity contribution in [3.63, 3.8) is 0 Å². The minimum absolute atomic E-state index is 0.833. The molecule has 3 aliphatic carbocycles. The maximum Gasteiger partial charge on any atom is 0.0130 e. The van der Waals surface area contributed by atoms with E-state index in [1.54, 1.807) is 0 Å². The van der Waals surface area contributed by atoms with Crippen molar-refractivity contribution in [2.75, 3.05) is 0 Å². The molecule has 0 radical (unpaired) electrons. The van der Waals surface area contributed by atoms with E-state index < -0.39 is 0 Å². The first-order chi connectivity index (χ1) is 3.93. The van der Waals surface area contributed by atoms with E-state index in [0.29, 0.717) is 0 Å². The minimum Gasteiger partial charge on any atom is -0.0598 e. The summed E-state index contributed by atoms with van der Waals surface area (Å²) in [4.78, 5) is 0. The Bertz CT molecular complexity index is 188. The maximum atomic E-state index is 1.89. The van der Waals surface area contributed by atoms with Crippen LogP contribution in [0.15, 0.2) is 11.1 Å². The summed E-state index contributed by atoms with van der Waals surface area (Å²) in [6.45, 7) is 0. The zero-order chi connectivity index (χ0) is 5.19. The molecule has 1 spiro atoms. The highest BCUT2D eigenvalue weighted by Gasteiger charge is 2.60. The molecule has 0 bridgehead atoms. The molecule has 2 saturated carbocycles. The molecule has 1 unspecified atom stereocenters. The van der Waals surface area contributed by atoms with Gasteiger partial charge in [0.2, 0.25) is 0 Å². The van der Waals surface area contributed by atoms with Gasteiger partial charge in [-0.3, -0.25) is 0 Å². The van der Waals surface area contributed by atoms with Gasteiger partial charge in [0.25, 0.3) is 0 Å². The average molecular weight is 106 g/mol. The fraction of sp³-hybridized carbons (Fsp3) is 0.750. The normalized spacial score (nSPS) is 48.0. The molecule has 0 saturated heterocycles. The van der Waals surface area contributed by atoms with Crippen LogP contribution in [0.25, 0.3) is 0 Å². The van der Waals surface area contributed by atoms with E-state index in [0.717, 1.165) is 5.41 Å². The van der Waals surface area contributed by atoms with Crippen LogP contribution >= 0.6 is 0 Å². The Balaban J connectivity index is 2.12. The first-order valence-corrected chi connectivity index (χ1v) is 3.66. The molecule has 0 amide bonds. The fourth-order valence-corrected chi connectivity index (χ4v) is 2.73. The number of rotatable bonds is 0. The SMILES string of the molecule is C1CC2=C3CCC23C1. The van der Waals surface area contributed by atoms with Crippen LogP contribution in [-0.4, -0.2) is 0 Å². The summed E-state index contributed by atoms with van der Waals surface area (Å²) < 4.78 is 0. The molecule has 0 aliphatic heterocycles. The molecule has 0 nitrogen and oxygen atoms in total.